The Morgan fingerprint density at radius 2 is 1.90 bits per heavy atom. The summed E-state index contributed by atoms with van der Waals surface area (Å²) < 4.78 is 1.54. The summed E-state index contributed by atoms with van der Waals surface area (Å²) in [6.45, 7) is 3.44. The number of hydrogen-bond acceptors (Lipinski definition) is 6. The van der Waals surface area contributed by atoms with Crippen LogP contribution in [-0.4, -0.2) is 43.3 Å². The minimum absolute atomic E-state index is 0.0685. The zero-order valence-corrected chi connectivity index (χ0v) is 17.2. The van der Waals surface area contributed by atoms with Crippen molar-refractivity contribution in [2.45, 2.75) is 24.5 Å². The van der Waals surface area contributed by atoms with Crippen molar-refractivity contribution in [1.82, 2.24) is 20.2 Å². The Balaban J connectivity index is 1.57. The first kappa shape index (κ1) is 19.4. The van der Waals surface area contributed by atoms with Gasteiger partial charge in [-0.05, 0) is 60.7 Å². The molecule has 29 heavy (non-hydrogen) atoms. The van der Waals surface area contributed by atoms with Crippen LogP contribution in [0.2, 0.25) is 5.02 Å². The molecule has 1 aromatic heterocycles. The van der Waals surface area contributed by atoms with Crippen molar-refractivity contribution in [3.8, 4) is 5.69 Å². The third-order valence-electron chi connectivity index (χ3n) is 4.59. The van der Waals surface area contributed by atoms with Crippen LogP contribution in [-0.2, 0) is 9.59 Å². The van der Waals surface area contributed by atoms with Crippen LogP contribution in [0, 0.1) is 0 Å². The first-order chi connectivity index (χ1) is 13.9. The van der Waals surface area contributed by atoms with Crippen LogP contribution in [0.4, 0.5) is 11.4 Å². The first-order valence-electron chi connectivity index (χ1n) is 8.78. The molecule has 0 saturated heterocycles. The molecule has 8 nitrogen and oxygen atoms in total. The number of tetrazole rings is 1. The first-order valence-corrected chi connectivity index (χ1v) is 10.1. The van der Waals surface area contributed by atoms with Crippen LogP contribution in [0.25, 0.3) is 5.69 Å². The van der Waals surface area contributed by atoms with Crippen molar-refractivity contribution >= 4 is 46.6 Å². The Morgan fingerprint density at radius 1 is 1.17 bits per heavy atom. The number of nitrogens with zero attached hydrogens (tertiary/aromatic N) is 5. The van der Waals surface area contributed by atoms with Crippen LogP contribution in [0.15, 0.2) is 53.7 Å². The SMILES string of the molecule is CC1(C)C(=O)Nc2ccccc2N1C(=O)CSc1nnnn1-c1ccc(Cl)cc1. The van der Waals surface area contributed by atoms with E-state index in [0.29, 0.717) is 21.6 Å². The normalized spacial score (nSPS) is 15.0. The number of rotatable bonds is 4. The molecule has 1 N–H and O–H groups in total. The van der Waals surface area contributed by atoms with Crippen molar-refractivity contribution < 1.29 is 9.59 Å². The summed E-state index contributed by atoms with van der Waals surface area (Å²) in [7, 11) is 0. The fourth-order valence-corrected chi connectivity index (χ4v) is 3.97. The summed E-state index contributed by atoms with van der Waals surface area (Å²) in [6.07, 6.45) is 0. The van der Waals surface area contributed by atoms with Gasteiger partial charge in [0.05, 0.1) is 22.8 Å². The van der Waals surface area contributed by atoms with E-state index in [-0.39, 0.29) is 17.6 Å². The number of aromatic nitrogens is 4. The molecule has 0 spiro atoms. The molecule has 2 aromatic carbocycles. The number of anilines is 2. The number of nitrogens with one attached hydrogen (secondary N) is 1. The lowest BCUT2D eigenvalue weighted by atomic mass is 9.96. The lowest BCUT2D eigenvalue weighted by Crippen LogP contribution is -2.59. The number of halogens is 1. The van der Waals surface area contributed by atoms with Crippen LogP contribution < -0.4 is 10.2 Å². The third-order valence-corrected chi connectivity index (χ3v) is 5.75. The van der Waals surface area contributed by atoms with E-state index in [4.69, 9.17) is 11.6 Å². The van der Waals surface area contributed by atoms with E-state index in [1.165, 1.54) is 21.3 Å². The zero-order chi connectivity index (χ0) is 20.6. The molecule has 2 heterocycles. The second kappa shape index (κ2) is 7.49. The van der Waals surface area contributed by atoms with Crippen LogP contribution >= 0.6 is 23.4 Å². The standard InChI is InChI=1S/C19H17ClN6O2S/c1-19(2)17(28)21-14-5-3-4-6-15(14)25(19)16(27)11-29-18-22-23-24-26(18)13-9-7-12(20)8-10-13/h3-10H,11H2,1-2H3,(H,21,28). The molecular weight excluding hydrogens is 412 g/mol. The molecule has 0 radical (unpaired) electrons. The molecule has 0 saturated carbocycles. The minimum Gasteiger partial charge on any atom is -0.322 e. The van der Waals surface area contributed by atoms with E-state index in [2.05, 4.69) is 20.8 Å². The maximum absolute atomic E-state index is 13.1. The Hall–Kier alpha value is -2.91. The van der Waals surface area contributed by atoms with Crippen molar-refractivity contribution in [3.63, 3.8) is 0 Å². The molecule has 0 aliphatic carbocycles. The third kappa shape index (κ3) is 3.58. The van der Waals surface area contributed by atoms with Gasteiger partial charge in [0.1, 0.15) is 5.54 Å². The second-order valence-electron chi connectivity index (χ2n) is 6.90. The van der Waals surface area contributed by atoms with Gasteiger partial charge < -0.3 is 5.32 Å². The van der Waals surface area contributed by atoms with E-state index in [1.54, 1.807) is 44.2 Å². The van der Waals surface area contributed by atoms with Gasteiger partial charge in [0.25, 0.3) is 0 Å². The van der Waals surface area contributed by atoms with Gasteiger partial charge >= 0.3 is 0 Å². The van der Waals surface area contributed by atoms with Gasteiger partial charge in [0.15, 0.2) is 0 Å². The quantitative estimate of drug-likeness (QED) is 0.641. The summed E-state index contributed by atoms with van der Waals surface area (Å²) in [5, 5.41) is 15.6. The van der Waals surface area contributed by atoms with Gasteiger partial charge in [-0.15, -0.1) is 5.10 Å². The van der Waals surface area contributed by atoms with Gasteiger partial charge in [0, 0.05) is 5.02 Å². The number of carbonyl (C=O) groups excluding carboxylic acids is 2. The smallest absolute Gasteiger partial charge is 0.250 e. The maximum atomic E-state index is 13.1. The topological polar surface area (TPSA) is 93.0 Å². The number of fused-ring (bicyclic) bond motifs is 1. The highest BCUT2D eigenvalue weighted by Gasteiger charge is 2.43. The highest BCUT2D eigenvalue weighted by molar-refractivity contribution is 7.99. The highest BCUT2D eigenvalue weighted by atomic mass is 35.5. The average Bonchev–Trinajstić information content (AvgIpc) is 3.16. The fourth-order valence-electron chi connectivity index (χ4n) is 3.10. The Bertz CT molecular complexity index is 1080. The monoisotopic (exact) mass is 428 g/mol. The number of hydrogen-bond donors (Lipinski definition) is 1. The Labute approximate surface area is 176 Å². The van der Waals surface area contributed by atoms with Crippen molar-refractivity contribution in [1.29, 1.82) is 0 Å². The predicted molar refractivity (Wildman–Crippen MR) is 112 cm³/mol. The van der Waals surface area contributed by atoms with E-state index in [9.17, 15) is 9.59 Å². The van der Waals surface area contributed by atoms with E-state index >= 15 is 0 Å². The van der Waals surface area contributed by atoms with Gasteiger partial charge in [-0.2, -0.15) is 4.68 Å². The summed E-state index contributed by atoms with van der Waals surface area (Å²) in [4.78, 5) is 27.2. The molecule has 4 rings (SSSR count). The summed E-state index contributed by atoms with van der Waals surface area (Å²) >= 11 is 7.13. The van der Waals surface area contributed by atoms with Crippen molar-refractivity contribution in [3.05, 3.63) is 53.6 Å². The van der Waals surface area contributed by atoms with E-state index in [1.807, 2.05) is 18.2 Å². The molecule has 0 fully saturated rings. The van der Waals surface area contributed by atoms with E-state index in [0.717, 1.165) is 5.69 Å². The van der Waals surface area contributed by atoms with Crippen LogP contribution in [0.3, 0.4) is 0 Å². The minimum atomic E-state index is -1.02. The van der Waals surface area contributed by atoms with Gasteiger partial charge in [-0.3, -0.25) is 14.5 Å². The van der Waals surface area contributed by atoms with Gasteiger partial charge in [-0.1, -0.05) is 35.5 Å². The summed E-state index contributed by atoms with van der Waals surface area (Å²) in [6, 6.07) is 14.3. The summed E-state index contributed by atoms with van der Waals surface area (Å²) in [5.41, 5.74) is 0.993. The fraction of sp³-hybridized carbons (Fsp3) is 0.211. The number of carbonyl (C=O) groups is 2. The molecule has 10 heteroatoms. The molecular formula is C19H17ClN6O2S. The highest BCUT2D eigenvalue weighted by Crippen LogP contribution is 2.37. The molecule has 0 bridgehead atoms. The Kier molecular flexibility index (Phi) is 5.01. The number of benzene rings is 2. The zero-order valence-electron chi connectivity index (χ0n) is 15.7. The number of thioether (sulfide) groups is 1. The predicted octanol–water partition coefficient (Wildman–Crippen LogP) is 3.17. The molecule has 1 aliphatic rings. The maximum Gasteiger partial charge on any atom is 0.250 e. The molecule has 2 amide bonds. The van der Waals surface area contributed by atoms with E-state index < -0.39 is 5.54 Å². The lowest BCUT2D eigenvalue weighted by molar-refractivity contribution is -0.125. The number of amides is 2. The van der Waals surface area contributed by atoms with Crippen molar-refractivity contribution in [2.75, 3.05) is 16.0 Å². The summed E-state index contributed by atoms with van der Waals surface area (Å²) in [5.74, 6) is -0.382. The Morgan fingerprint density at radius 3 is 2.66 bits per heavy atom. The molecule has 1 aliphatic heterocycles. The molecule has 3 aromatic rings. The van der Waals surface area contributed by atoms with Crippen LogP contribution in [0.1, 0.15) is 13.8 Å². The number of para-hydroxylation sites is 2. The largest absolute Gasteiger partial charge is 0.322 e. The van der Waals surface area contributed by atoms with Gasteiger partial charge in [-0.25, -0.2) is 0 Å². The van der Waals surface area contributed by atoms with Crippen molar-refractivity contribution in [2.24, 2.45) is 0 Å². The lowest BCUT2D eigenvalue weighted by Gasteiger charge is -2.42. The van der Waals surface area contributed by atoms with Crippen LogP contribution in [0.5, 0.6) is 0 Å². The molecule has 148 valence electrons. The molecule has 0 unspecified atom stereocenters. The average molecular weight is 429 g/mol. The van der Waals surface area contributed by atoms with Gasteiger partial charge in [0.2, 0.25) is 17.0 Å². The molecule has 0 atom stereocenters. The second-order valence-corrected chi connectivity index (χ2v) is 8.28.